The average molecular weight is 219 g/mol. The molecule has 16 heavy (non-hydrogen) atoms. The number of rotatable bonds is 3. The summed E-state index contributed by atoms with van der Waals surface area (Å²) < 4.78 is 7.37. The molecule has 0 saturated carbocycles. The van der Waals surface area contributed by atoms with Crippen LogP contribution in [-0.2, 0) is 7.05 Å². The molecule has 0 aliphatic rings. The molecule has 0 saturated heterocycles. The number of fused-ring (bicyclic) bond motifs is 1. The van der Waals surface area contributed by atoms with Crippen molar-refractivity contribution in [3.63, 3.8) is 0 Å². The Labute approximate surface area is 95.3 Å². The number of aromatic nitrogens is 1. The van der Waals surface area contributed by atoms with Crippen LogP contribution in [0, 0.1) is 0 Å². The molecule has 0 bridgehead atoms. The van der Waals surface area contributed by atoms with Crippen LogP contribution in [0.15, 0.2) is 24.4 Å². The van der Waals surface area contributed by atoms with Crippen molar-refractivity contribution >= 4 is 10.9 Å². The van der Waals surface area contributed by atoms with Crippen molar-refractivity contribution < 1.29 is 9.84 Å². The summed E-state index contributed by atoms with van der Waals surface area (Å²) in [5.41, 5.74) is 2.03. The van der Waals surface area contributed by atoms with E-state index in [2.05, 4.69) is 0 Å². The molecule has 3 nitrogen and oxygen atoms in total. The summed E-state index contributed by atoms with van der Waals surface area (Å²) in [6, 6.07) is 5.92. The van der Waals surface area contributed by atoms with Gasteiger partial charge < -0.3 is 14.4 Å². The van der Waals surface area contributed by atoms with Crippen molar-refractivity contribution in [3.8, 4) is 5.75 Å². The van der Waals surface area contributed by atoms with Crippen molar-refractivity contribution in [2.24, 2.45) is 7.05 Å². The maximum atomic E-state index is 9.99. The quantitative estimate of drug-likeness (QED) is 0.861. The minimum atomic E-state index is -0.431. The predicted octanol–water partition coefficient (Wildman–Crippen LogP) is 2.63. The highest BCUT2D eigenvalue weighted by Gasteiger charge is 2.16. The van der Waals surface area contributed by atoms with Crippen molar-refractivity contribution in [2.45, 2.75) is 19.4 Å². The molecular weight excluding hydrogens is 202 g/mol. The Morgan fingerprint density at radius 3 is 2.81 bits per heavy atom. The van der Waals surface area contributed by atoms with E-state index < -0.39 is 6.10 Å². The third-order valence-electron chi connectivity index (χ3n) is 2.97. The summed E-state index contributed by atoms with van der Waals surface area (Å²) in [4.78, 5) is 0. The van der Waals surface area contributed by atoms with Gasteiger partial charge in [0.05, 0.1) is 18.7 Å². The van der Waals surface area contributed by atoms with Gasteiger partial charge >= 0.3 is 0 Å². The van der Waals surface area contributed by atoms with Crippen LogP contribution < -0.4 is 4.74 Å². The fourth-order valence-electron chi connectivity index (χ4n) is 2.09. The maximum Gasteiger partial charge on any atom is 0.128 e. The molecule has 1 atom stereocenters. The van der Waals surface area contributed by atoms with Crippen LogP contribution in [-0.4, -0.2) is 16.8 Å². The lowest BCUT2D eigenvalue weighted by molar-refractivity contribution is 0.175. The van der Waals surface area contributed by atoms with Crippen molar-refractivity contribution in [2.75, 3.05) is 7.11 Å². The topological polar surface area (TPSA) is 34.4 Å². The molecule has 1 heterocycles. The molecule has 0 fully saturated rings. The molecule has 1 N–H and O–H groups in total. The van der Waals surface area contributed by atoms with Crippen LogP contribution in [0.4, 0.5) is 0 Å². The van der Waals surface area contributed by atoms with Crippen LogP contribution in [0.5, 0.6) is 5.75 Å². The summed E-state index contributed by atoms with van der Waals surface area (Å²) in [6.45, 7) is 1.97. The molecule has 0 aliphatic heterocycles. The molecule has 0 aliphatic carbocycles. The summed E-state index contributed by atoms with van der Waals surface area (Å²) >= 11 is 0. The van der Waals surface area contributed by atoms with E-state index >= 15 is 0 Å². The maximum absolute atomic E-state index is 9.99. The highest BCUT2D eigenvalue weighted by atomic mass is 16.5. The molecule has 1 aromatic heterocycles. The lowest BCUT2D eigenvalue weighted by Crippen LogP contribution is -1.94. The van der Waals surface area contributed by atoms with E-state index in [1.807, 2.05) is 42.9 Å². The normalized spacial score (nSPS) is 13.0. The number of nitrogens with zero attached hydrogens (tertiary/aromatic N) is 1. The van der Waals surface area contributed by atoms with E-state index in [4.69, 9.17) is 4.74 Å². The first-order chi connectivity index (χ1) is 7.69. The highest BCUT2D eigenvalue weighted by molar-refractivity contribution is 5.90. The second-order valence-electron chi connectivity index (χ2n) is 3.97. The smallest absolute Gasteiger partial charge is 0.128 e. The monoisotopic (exact) mass is 219 g/mol. The molecule has 2 rings (SSSR count). The Balaban J connectivity index is 2.74. The number of ether oxygens (including phenoxy) is 1. The van der Waals surface area contributed by atoms with Gasteiger partial charge in [-0.05, 0) is 18.6 Å². The van der Waals surface area contributed by atoms with Gasteiger partial charge in [-0.2, -0.15) is 0 Å². The Kier molecular flexibility index (Phi) is 2.88. The van der Waals surface area contributed by atoms with Gasteiger partial charge in [-0.1, -0.05) is 13.0 Å². The molecule has 2 aromatic rings. The van der Waals surface area contributed by atoms with E-state index in [0.29, 0.717) is 6.42 Å². The lowest BCUT2D eigenvalue weighted by atomic mass is 10.1. The van der Waals surface area contributed by atoms with E-state index in [1.165, 1.54) is 0 Å². The molecule has 0 unspecified atom stereocenters. The minimum absolute atomic E-state index is 0.431. The van der Waals surface area contributed by atoms with E-state index in [9.17, 15) is 5.11 Å². The van der Waals surface area contributed by atoms with Gasteiger partial charge in [0.25, 0.3) is 0 Å². The lowest BCUT2D eigenvalue weighted by Gasteiger charge is -2.08. The summed E-state index contributed by atoms with van der Waals surface area (Å²) in [5, 5.41) is 11.0. The molecule has 0 spiro atoms. The number of hydrogen-bond donors (Lipinski definition) is 1. The van der Waals surface area contributed by atoms with Crippen LogP contribution in [0.25, 0.3) is 10.9 Å². The summed E-state index contributed by atoms with van der Waals surface area (Å²) in [5.74, 6) is 0.820. The van der Waals surface area contributed by atoms with E-state index in [1.54, 1.807) is 7.11 Å². The number of aliphatic hydroxyl groups is 1. The zero-order chi connectivity index (χ0) is 11.7. The van der Waals surface area contributed by atoms with Crippen LogP contribution >= 0.6 is 0 Å². The van der Waals surface area contributed by atoms with Gasteiger partial charge in [0.2, 0.25) is 0 Å². The molecule has 1 aromatic carbocycles. The van der Waals surface area contributed by atoms with Gasteiger partial charge in [0.15, 0.2) is 0 Å². The summed E-state index contributed by atoms with van der Waals surface area (Å²) in [6.07, 6.45) is 2.25. The van der Waals surface area contributed by atoms with Gasteiger partial charge in [0, 0.05) is 24.2 Å². The van der Waals surface area contributed by atoms with E-state index in [-0.39, 0.29) is 0 Å². The van der Waals surface area contributed by atoms with Gasteiger partial charge in [-0.3, -0.25) is 0 Å². The number of methoxy groups -OCH3 is 1. The Hall–Kier alpha value is -1.48. The summed E-state index contributed by atoms with van der Waals surface area (Å²) in [7, 11) is 3.64. The Bertz CT molecular complexity index is 502. The SMILES string of the molecule is CC[C@@H](O)c1cn(C)c2cccc(OC)c12. The Morgan fingerprint density at radius 1 is 1.44 bits per heavy atom. The third kappa shape index (κ3) is 1.57. The minimum Gasteiger partial charge on any atom is -0.496 e. The zero-order valence-electron chi connectivity index (χ0n) is 9.90. The number of aliphatic hydroxyl groups excluding tert-OH is 1. The third-order valence-corrected chi connectivity index (χ3v) is 2.97. The van der Waals surface area contributed by atoms with Crippen LogP contribution in [0.3, 0.4) is 0 Å². The highest BCUT2D eigenvalue weighted by Crippen LogP contribution is 2.34. The fraction of sp³-hybridized carbons (Fsp3) is 0.385. The van der Waals surface area contributed by atoms with Gasteiger partial charge in [0.1, 0.15) is 5.75 Å². The second-order valence-corrected chi connectivity index (χ2v) is 3.97. The first-order valence-corrected chi connectivity index (χ1v) is 5.49. The Morgan fingerprint density at radius 2 is 2.19 bits per heavy atom. The first-order valence-electron chi connectivity index (χ1n) is 5.49. The number of aryl methyl sites for hydroxylation is 1. The first kappa shape index (κ1) is 11.0. The molecule has 0 radical (unpaired) electrons. The van der Waals surface area contributed by atoms with Crippen molar-refractivity contribution in [3.05, 3.63) is 30.0 Å². The van der Waals surface area contributed by atoms with Gasteiger partial charge in [-0.15, -0.1) is 0 Å². The van der Waals surface area contributed by atoms with Crippen molar-refractivity contribution in [1.29, 1.82) is 0 Å². The molecule has 3 heteroatoms. The molecular formula is C13H17NO2. The van der Waals surface area contributed by atoms with Crippen molar-refractivity contribution in [1.82, 2.24) is 4.57 Å². The molecule has 86 valence electrons. The fourth-order valence-corrected chi connectivity index (χ4v) is 2.09. The zero-order valence-corrected chi connectivity index (χ0v) is 9.90. The van der Waals surface area contributed by atoms with Gasteiger partial charge in [-0.25, -0.2) is 0 Å². The molecule has 0 amide bonds. The largest absolute Gasteiger partial charge is 0.496 e. The number of benzene rings is 1. The average Bonchev–Trinajstić information content (AvgIpc) is 2.66. The second kappa shape index (κ2) is 4.18. The predicted molar refractivity (Wildman–Crippen MR) is 64.7 cm³/mol. The van der Waals surface area contributed by atoms with Crippen LogP contribution in [0.2, 0.25) is 0 Å². The van der Waals surface area contributed by atoms with E-state index in [0.717, 1.165) is 22.2 Å². The standard InChI is InChI=1S/C13H17NO2/c1-4-11(15)9-8-14(2)10-6-5-7-12(16-3)13(9)10/h5-8,11,15H,4H2,1-3H3/t11-/m1/s1. The van der Waals surface area contributed by atoms with Crippen LogP contribution in [0.1, 0.15) is 25.0 Å². The number of hydrogen-bond acceptors (Lipinski definition) is 2.